The van der Waals surface area contributed by atoms with Gasteiger partial charge in [-0.1, -0.05) is 12.0 Å². The molecule has 1 atom stereocenters. The lowest BCUT2D eigenvalue weighted by atomic mass is 10.1. The number of terminal acetylenes is 1. The van der Waals surface area contributed by atoms with Crippen molar-refractivity contribution in [2.24, 2.45) is 0 Å². The molecule has 0 radical (unpaired) electrons. The third kappa shape index (κ3) is 4.07. The van der Waals surface area contributed by atoms with Crippen LogP contribution >= 0.6 is 0 Å². The van der Waals surface area contributed by atoms with Crippen molar-refractivity contribution in [1.82, 2.24) is 5.32 Å². The fourth-order valence-electron chi connectivity index (χ4n) is 1.24. The van der Waals surface area contributed by atoms with Gasteiger partial charge in [-0.05, 0) is 24.6 Å². The SMILES string of the molecule is C#CCNC(=O)COc1ccc([C@H](C)O)cc1F. The number of aliphatic hydroxyl groups excluding tert-OH is 1. The minimum atomic E-state index is -0.757. The first-order valence-electron chi connectivity index (χ1n) is 5.35. The number of carbonyl (C=O) groups is 1. The number of rotatable bonds is 5. The van der Waals surface area contributed by atoms with Gasteiger partial charge in [-0.3, -0.25) is 4.79 Å². The third-order valence-electron chi connectivity index (χ3n) is 2.18. The first-order chi connectivity index (χ1) is 8.54. The second-order valence-corrected chi connectivity index (χ2v) is 3.64. The van der Waals surface area contributed by atoms with Gasteiger partial charge in [-0.25, -0.2) is 4.39 Å². The third-order valence-corrected chi connectivity index (χ3v) is 2.18. The van der Waals surface area contributed by atoms with Crippen molar-refractivity contribution < 1.29 is 19.0 Å². The Morgan fingerprint density at radius 3 is 2.94 bits per heavy atom. The number of aliphatic hydroxyl groups is 1. The maximum absolute atomic E-state index is 13.5. The fraction of sp³-hybridized carbons (Fsp3) is 0.308. The zero-order valence-corrected chi connectivity index (χ0v) is 9.94. The predicted molar refractivity (Wildman–Crippen MR) is 64.4 cm³/mol. The van der Waals surface area contributed by atoms with Crippen LogP contribution in [0.5, 0.6) is 5.75 Å². The summed E-state index contributed by atoms with van der Waals surface area (Å²) >= 11 is 0. The monoisotopic (exact) mass is 251 g/mol. The topological polar surface area (TPSA) is 58.6 Å². The van der Waals surface area contributed by atoms with E-state index in [1.54, 1.807) is 0 Å². The number of hydrogen-bond donors (Lipinski definition) is 2. The van der Waals surface area contributed by atoms with Crippen molar-refractivity contribution >= 4 is 5.91 Å². The minimum Gasteiger partial charge on any atom is -0.481 e. The summed E-state index contributed by atoms with van der Waals surface area (Å²) < 4.78 is 18.5. The summed E-state index contributed by atoms with van der Waals surface area (Å²) in [6.45, 7) is 1.32. The molecule has 5 heteroatoms. The average molecular weight is 251 g/mol. The minimum absolute atomic E-state index is 0.0461. The maximum atomic E-state index is 13.5. The Morgan fingerprint density at radius 1 is 1.67 bits per heavy atom. The molecular weight excluding hydrogens is 237 g/mol. The quantitative estimate of drug-likeness (QED) is 0.768. The van der Waals surface area contributed by atoms with Crippen LogP contribution in [0.1, 0.15) is 18.6 Å². The molecule has 1 aromatic carbocycles. The van der Waals surface area contributed by atoms with E-state index >= 15 is 0 Å². The van der Waals surface area contributed by atoms with E-state index in [1.165, 1.54) is 25.1 Å². The van der Waals surface area contributed by atoms with Crippen LogP contribution in [0.25, 0.3) is 0 Å². The summed E-state index contributed by atoms with van der Waals surface area (Å²) in [7, 11) is 0. The molecule has 0 unspecified atom stereocenters. The molecule has 0 aliphatic heterocycles. The molecule has 0 aliphatic carbocycles. The zero-order valence-electron chi connectivity index (χ0n) is 9.94. The number of carbonyl (C=O) groups excluding carboxylic acids is 1. The normalized spacial score (nSPS) is 11.4. The van der Waals surface area contributed by atoms with Crippen molar-refractivity contribution in [3.05, 3.63) is 29.6 Å². The van der Waals surface area contributed by atoms with Gasteiger partial charge in [0, 0.05) is 0 Å². The summed E-state index contributed by atoms with van der Waals surface area (Å²) in [5.41, 5.74) is 0.441. The summed E-state index contributed by atoms with van der Waals surface area (Å²) in [4.78, 5) is 11.2. The molecule has 0 aliphatic rings. The average Bonchev–Trinajstić information content (AvgIpc) is 2.34. The molecule has 0 aromatic heterocycles. The van der Waals surface area contributed by atoms with E-state index < -0.39 is 17.8 Å². The molecule has 18 heavy (non-hydrogen) atoms. The largest absolute Gasteiger partial charge is 0.481 e. The van der Waals surface area contributed by atoms with Gasteiger partial charge in [0.1, 0.15) is 0 Å². The van der Waals surface area contributed by atoms with E-state index in [1.807, 2.05) is 0 Å². The molecule has 0 bridgehead atoms. The second-order valence-electron chi connectivity index (χ2n) is 3.64. The van der Waals surface area contributed by atoms with Crippen LogP contribution in [0.2, 0.25) is 0 Å². The van der Waals surface area contributed by atoms with Crippen LogP contribution in [-0.4, -0.2) is 24.2 Å². The van der Waals surface area contributed by atoms with Crippen molar-refractivity contribution in [3.8, 4) is 18.1 Å². The first kappa shape index (κ1) is 14.0. The van der Waals surface area contributed by atoms with E-state index in [0.717, 1.165) is 0 Å². The van der Waals surface area contributed by atoms with E-state index in [-0.39, 0.29) is 18.9 Å². The number of hydrogen-bond acceptors (Lipinski definition) is 3. The highest BCUT2D eigenvalue weighted by Gasteiger charge is 2.09. The molecule has 96 valence electrons. The van der Waals surface area contributed by atoms with E-state index in [4.69, 9.17) is 11.2 Å². The standard InChI is InChI=1S/C13H14FNO3/c1-3-6-15-13(17)8-18-12-5-4-10(9(2)16)7-11(12)14/h1,4-5,7,9,16H,6,8H2,2H3,(H,15,17)/t9-/m0/s1. The lowest BCUT2D eigenvalue weighted by Crippen LogP contribution is -2.29. The Labute approximate surface area is 105 Å². The molecule has 0 saturated heterocycles. The highest BCUT2D eigenvalue weighted by molar-refractivity contribution is 5.77. The van der Waals surface area contributed by atoms with Crippen LogP contribution in [0.3, 0.4) is 0 Å². The van der Waals surface area contributed by atoms with Crippen LogP contribution in [0, 0.1) is 18.2 Å². The Hall–Kier alpha value is -2.06. The smallest absolute Gasteiger partial charge is 0.258 e. The molecule has 1 aromatic rings. The number of nitrogens with one attached hydrogen (secondary N) is 1. The summed E-state index contributed by atoms with van der Waals surface area (Å²) in [5, 5.41) is 11.7. The van der Waals surface area contributed by atoms with Gasteiger partial charge >= 0.3 is 0 Å². The van der Waals surface area contributed by atoms with Gasteiger partial charge in [-0.2, -0.15) is 0 Å². The maximum Gasteiger partial charge on any atom is 0.258 e. The van der Waals surface area contributed by atoms with E-state index in [2.05, 4.69) is 11.2 Å². The van der Waals surface area contributed by atoms with Crippen molar-refractivity contribution in [1.29, 1.82) is 0 Å². The Kier molecular flexibility index (Phi) is 5.15. The van der Waals surface area contributed by atoms with Gasteiger partial charge in [0.25, 0.3) is 5.91 Å². The first-order valence-corrected chi connectivity index (χ1v) is 5.35. The van der Waals surface area contributed by atoms with Gasteiger partial charge in [0.2, 0.25) is 0 Å². The van der Waals surface area contributed by atoms with Crippen LogP contribution in [-0.2, 0) is 4.79 Å². The number of amides is 1. The lowest BCUT2D eigenvalue weighted by Gasteiger charge is -2.09. The van der Waals surface area contributed by atoms with Crippen molar-refractivity contribution in [2.45, 2.75) is 13.0 Å². The van der Waals surface area contributed by atoms with Gasteiger partial charge in [0.05, 0.1) is 12.6 Å². The second kappa shape index (κ2) is 6.62. The Balaban J connectivity index is 2.58. The van der Waals surface area contributed by atoms with Crippen LogP contribution in [0.15, 0.2) is 18.2 Å². The van der Waals surface area contributed by atoms with E-state index in [0.29, 0.717) is 5.56 Å². The molecule has 2 N–H and O–H groups in total. The highest BCUT2D eigenvalue weighted by Crippen LogP contribution is 2.21. The number of halogens is 1. The Morgan fingerprint density at radius 2 is 2.39 bits per heavy atom. The number of benzene rings is 1. The molecule has 0 heterocycles. The number of ether oxygens (including phenoxy) is 1. The molecule has 4 nitrogen and oxygen atoms in total. The van der Waals surface area contributed by atoms with Crippen LogP contribution < -0.4 is 10.1 Å². The summed E-state index contributed by atoms with van der Waals surface area (Å²) in [6.07, 6.45) is 4.21. The summed E-state index contributed by atoms with van der Waals surface area (Å²) in [6, 6.07) is 4.06. The molecule has 1 rings (SSSR count). The van der Waals surface area contributed by atoms with Gasteiger partial charge in [0.15, 0.2) is 18.2 Å². The zero-order chi connectivity index (χ0) is 13.5. The predicted octanol–water partition coefficient (Wildman–Crippen LogP) is 1.01. The van der Waals surface area contributed by atoms with Crippen LogP contribution in [0.4, 0.5) is 4.39 Å². The summed E-state index contributed by atoms with van der Waals surface area (Å²) in [5.74, 6) is 1.14. The molecular formula is C13H14FNO3. The van der Waals surface area contributed by atoms with Crippen molar-refractivity contribution in [3.63, 3.8) is 0 Å². The lowest BCUT2D eigenvalue weighted by molar-refractivity contribution is -0.122. The highest BCUT2D eigenvalue weighted by atomic mass is 19.1. The molecule has 1 amide bonds. The molecule has 0 saturated carbocycles. The molecule has 0 fully saturated rings. The van der Waals surface area contributed by atoms with Crippen molar-refractivity contribution in [2.75, 3.05) is 13.2 Å². The molecule has 0 spiro atoms. The van der Waals surface area contributed by atoms with Gasteiger partial charge in [-0.15, -0.1) is 6.42 Å². The Bertz CT molecular complexity index is 466. The fourth-order valence-corrected chi connectivity index (χ4v) is 1.24. The van der Waals surface area contributed by atoms with Gasteiger partial charge < -0.3 is 15.2 Å². The van der Waals surface area contributed by atoms with E-state index in [9.17, 15) is 14.3 Å².